The van der Waals surface area contributed by atoms with Gasteiger partial charge in [-0.25, -0.2) is 8.42 Å². The third kappa shape index (κ3) is 4.30. The molecule has 6 heteroatoms. The van der Waals surface area contributed by atoms with Crippen molar-refractivity contribution in [3.05, 3.63) is 47.3 Å². The van der Waals surface area contributed by atoms with Crippen LogP contribution in [0.25, 0.3) is 0 Å². The van der Waals surface area contributed by atoms with Crippen molar-refractivity contribution in [2.24, 2.45) is 5.73 Å². The van der Waals surface area contributed by atoms with Crippen molar-refractivity contribution >= 4 is 21.2 Å². The quantitative estimate of drug-likeness (QED) is 0.849. The lowest BCUT2D eigenvalue weighted by Crippen LogP contribution is -2.21. The normalized spacial score (nSPS) is 13.0. The van der Waals surface area contributed by atoms with Crippen molar-refractivity contribution in [3.8, 4) is 5.75 Å². The predicted molar refractivity (Wildman–Crippen MR) is 85.5 cm³/mol. The van der Waals surface area contributed by atoms with E-state index in [0.29, 0.717) is 10.8 Å². The van der Waals surface area contributed by atoms with Crippen LogP contribution in [-0.2, 0) is 9.84 Å². The number of sulfone groups is 1. The fourth-order valence-electron chi connectivity index (χ4n) is 1.89. The molecule has 0 bridgehead atoms. The van der Waals surface area contributed by atoms with Gasteiger partial charge in [-0.3, -0.25) is 0 Å². The topological polar surface area (TPSA) is 69.4 Å². The number of hydrogen-bond acceptors (Lipinski definition) is 5. The summed E-state index contributed by atoms with van der Waals surface area (Å²) in [4.78, 5) is 0. The minimum atomic E-state index is -3.33. The lowest BCUT2D eigenvalue weighted by Gasteiger charge is -2.13. The van der Waals surface area contributed by atoms with Gasteiger partial charge in [0.1, 0.15) is 9.96 Å². The van der Waals surface area contributed by atoms with Gasteiger partial charge in [0.05, 0.1) is 12.4 Å². The van der Waals surface area contributed by atoms with Crippen molar-refractivity contribution < 1.29 is 13.2 Å². The number of ether oxygens (including phenoxy) is 1. The summed E-state index contributed by atoms with van der Waals surface area (Å²) in [5.74, 6) is 0.678. The number of nitrogens with two attached hydrogens (primary N) is 1. The second-order valence-electron chi connectivity index (χ2n) is 4.74. The van der Waals surface area contributed by atoms with Gasteiger partial charge in [-0.05, 0) is 35.6 Å². The molecule has 21 heavy (non-hydrogen) atoms. The highest BCUT2D eigenvalue weighted by atomic mass is 32.2. The standard InChI is InChI=1S/C15H19NO3S2/c1-2-9-19-13-7-5-12(6-8-13)14(16)11-21(17,18)15-4-3-10-20-15/h3-8,10,14H,2,9,11,16H2,1H3. The Kier molecular flexibility index (Phi) is 5.39. The number of thiophene rings is 1. The zero-order valence-corrected chi connectivity index (χ0v) is 13.5. The largest absolute Gasteiger partial charge is 0.494 e. The van der Waals surface area contributed by atoms with Crippen molar-refractivity contribution in [3.63, 3.8) is 0 Å². The van der Waals surface area contributed by atoms with E-state index in [-0.39, 0.29) is 5.75 Å². The van der Waals surface area contributed by atoms with E-state index in [1.165, 1.54) is 11.3 Å². The average Bonchev–Trinajstić information content (AvgIpc) is 3.00. The van der Waals surface area contributed by atoms with E-state index in [4.69, 9.17) is 10.5 Å². The van der Waals surface area contributed by atoms with Crippen LogP contribution < -0.4 is 10.5 Å². The van der Waals surface area contributed by atoms with Gasteiger partial charge in [0.15, 0.2) is 9.84 Å². The Morgan fingerprint density at radius 1 is 1.24 bits per heavy atom. The van der Waals surface area contributed by atoms with Gasteiger partial charge in [0.2, 0.25) is 0 Å². The van der Waals surface area contributed by atoms with Crippen LogP contribution in [0.5, 0.6) is 5.75 Å². The molecule has 0 aliphatic heterocycles. The molecule has 0 aliphatic rings. The van der Waals surface area contributed by atoms with E-state index in [9.17, 15) is 8.42 Å². The molecule has 1 aromatic carbocycles. The first-order chi connectivity index (χ1) is 10.0. The van der Waals surface area contributed by atoms with Crippen molar-refractivity contribution in [1.82, 2.24) is 0 Å². The summed E-state index contributed by atoms with van der Waals surface area (Å²) in [6.45, 7) is 2.71. The first-order valence-corrected chi connectivity index (χ1v) is 9.30. The summed E-state index contributed by atoms with van der Waals surface area (Å²) in [5.41, 5.74) is 6.81. The molecule has 1 unspecified atom stereocenters. The Hall–Kier alpha value is -1.37. The predicted octanol–water partition coefficient (Wildman–Crippen LogP) is 3.01. The molecule has 0 saturated carbocycles. The second-order valence-corrected chi connectivity index (χ2v) is 7.95. The van der Waals surface area contributed by atoms with Gasteiger partial charge in [-0.2, -0.15) is 0 Å². The first kappa shape index (κ1) is 16.0. The van der Waals surface area contributed by atoms with Gasteiger partial charge in [0.25, 0.3) is 0 Å². The maximum Gasteiger partial charge on any atom is 0.189 e. The first-order valence-electron chi connectivity index (χ1n) is 6.77. The van der Waals surface area contributed by atoms with Gasteiger partial charge < -0.3 is 10.5 Å². The lowest BCUT2D eigenvalue weighted by molar-refractivity contribution is 0.317. The Morgan fingerprint density at radius 2 is 1.95 bits per heavy atom. The molecule has 0 spiro atoms. The minimum Gasteiger partial charge on any atom is -0.494 e. The number of hydrogen-bond donors (Lipinski definition) is 1. The third-order valence-electron chi connectivity index (χ3n) is 2.98. The van der Waals surface area contributed by atoms with Gasteiger partial charge >= 0.3 is 0 Å². The maximum atomic E-state index is 12.2. The van der Waals surface area contributed by atoms with E-state index < -0.39 is 15.9 Å². The van der Waals surface area contributed by atoms with Crippen LogP contribution in [0.3, 0.4) is 0 Å². The van der Waals surface area contributed by atoms with Crippen LogP contribution in [0.1, 0.15) is 24.9 Å². The molecule has 1 heterocycles. The molecule has 0 aliphatic carbocycles. The summed E-state index contributed by atoms with van der Waals surface area (Å²) in [6.07, 6.45) is 0.945. The van der Waals surface area contributed by atoms with E-state index in [1.54, 1.807) is 17.5 Å². The highest BCUT2D eigenvalue weighted by molar-refractivity contribution is 7.93. The van der Waals surface area contributed by atoms with Crippen molar-refractivity contribution in [1.29, 1.82) is 0 Å². The molecule has 0 amide bonds. The summed E-state index contributed by atoms with van der Waals surface area (Å²) in [5, 5.41) is 1.75. The van der Waals surface area contributed by atoms with Crippen LogP contribution in [0.4, 0.5) is 0 Å². The molecule has 0 radical (unpaired) electrons. The molecule has 1 aromatic heterocycles. The van der Waals surface area contributed by atoms with Crippen molar-refractivity contribution in [2.75, 3.05) is 12.4 Å². The van der Waals surface area contributed by atoms with Crippen LogP contribution in [0.2, 0.25) is 0 Å². The molecule has 1 atom stereocenters. The average molecular weight is 325 g/mol. The van der Waals surface area contributed by atoms with Crippen LogP contribution in [0.15, 0.2) is 46.0 Å². The monoisotopic (exact) mass is 325 g/mol. The molecule has 2 N–H and O–H groups in total. The van der Waals surface area contributed by atoms with Crippen LogP contribution >= 0.6 is 11.3 Å². The summed E-state index contributed by atoms with van der Waals surface area (Å²) < 4.78 is 30.2. The fourth-order valence-corrected chi connectivity index (χ4v) is 4.41. The van der Waals surface area contributed by atoms with E-state index >= 15 is 0 Å². The Labute approximate surface area is 129 Å². The summed E-state index contributed by atoms with van der Waals surface area (Å²) >= 11 is 1.22. The van der Waals surface area contributed by atoms with Crippen LogP contribution in [0, 0.1) is 0 Å². The van der Waals surface area contributed by atoms with Gasteiger partial charge in [-0.15, -0.1) is 11.3 Å². The third-order valence-corrected chi connectivity index (χ3v) is 6.24. The highest BCUT2D eigenvalue weighted by Crippen LogP contribution is 2.23. The molecule has 114 valence electrons. The van der Waals surface area contributed by atoms with Crippen LogP contribution in [-0.4, -0.2) is 20.8 Å². The zero-order valence-electron chi connectivity index (χ0n) is 11.9. The van der Waals surface area contributed by atoms with Gasteiger partial charge in [-0.1, -0.05) is 25.1 Å². The molecular formula is C15H19NO3S2. The maximum absolute atomic E-state index is 12.2. The summed E-state index contributed by atoms with van der Waals surface area (Å²) in [7, 11) is -3.33. The summed E-state index contributed by atoms with van der Waals surface area (Å²) in [6, 6.07) is 10.1. The second kappa shape index (κ2) is 7.06. The SMILES string of the molecule is CCCOc1ccc(C(N)CS(=O)(=O)c2cccs2)cc1. The Balaban J connectivity index is 2.05. The molecule has 0 fully saturated rings. The molecule has 2 aromatic rings. The molecule has 0 saturated heterocycles. The Bertz CT molecular complexity index is 649. The van der Waals surface area contributed by atoms with E-state index in [2.05, 4.69) is 0 Å². The number of benzene rings is 1. The lowest BCUT2D eigenvalue weighted by atomic mass is 10.1. The van der Waals surface area contributed by atoms with E-state index in [0.717, 1.165) is 17.7 Å². The minimum absolute atomic E-state index is 0.0946. The highest BCUT2D eigenvalue weighted by Gasteiger charge is 2.20. The zero-order chi connectivity index (χ0) is 15.3. The van der Waals surface area contributed by atoms with Gasteiger partial charge in [0, 0.05) is 6.04 Å². The molecule has 4 nitrogen and oxygen atoms in total. The fraction of sp³-hybridized carbons (Fsp3) is 0.333. The van der Waals surface area contributed by atoms with E-state index in [1.807, 2.05) is 31.2 Å². The smallest absolute Gasteiger partial charge is 0.189 e. The molecular weight excluding hydrogens is 306 g/mol. The number of rotatable bonds is 7. The molecule has 2 rings (SSSR count). The van der Waals surface area contributed by atoms with Crippen molar-refractivity contribution in [2.45, 2.75) is 23.6 Å². The Morgan fingerprint density at radius 3 is 2.52 bits per heavy atom.